The highest BCUT2D eigenvalue weighted by Crippen LogP contribution is 2.46. The molecule has 2 unspecified atom stereocenters. The molecule has 3 aliphatic rings. The number of amides is 1. The Hall–Kier alpha value is -1.63. The number of piperidine rings is 1. The van der Waals surface area contributed by atoms with Gasteiger partial charge in [0.2, 0.25) is 0 Å². The Bertz CT molecular complexity index is 693. The summed E-state index contributed by atoms with van der Waals surface area (Å²) in [5, 5.41) is 11.5. The molecule has 0 saturated carbocycles. The number of carbonyl (C=O) groups excluding carboxylic acids is 1. The first-order valence-electron chi connectivity index (χ1n) is 9.82. The van der Waals surface area contributed by atoms with Gasteiger partial charge in [0.05, 0.1) is 18.8 Å². The minimum Gasteiger partial charge on any atom is -0.444 e. The second-order valence-corrected chi connectivity index (χ2v) is 8.91. The largest absolute Gasteiger partial charge is 0.444 e. The molecule has 1 amide bonds. The number of rotatable bonds is 2. The smallest absolute Gasteiger partial charge is 0.410 e. The number of aliphatic hydroxyl groups is 1. The quantitative estimate of drug-likeness (QED) is 0.857. The molecule has 0 spiro atoms. The number of carbonyl (C=O) groups is 1. The van der Waals surface area contributed by atoms with Crippen molar-refractivity contribution < 1.29 is 24.1 Å². The molecule has 4 rings (SSSR count). The van der Waals surface area contributed by atoms with Crippen LogP contribution in [-0.4, -0.2) is 47.0 Å². The standard InChI is InChI=1S/C21H29NO5/c1-20(2,3)27-19(23)22-16-7-8-17(22)13-21(24,12-16)15-6-4-5-14(11-15)18-25-9-10-26-18/h4-6,11,16-18,24H,7-10,12-13H2,1-3H3. The lowest BCUT2D eigenvalue weighted by Gasteiger charge is -2.44. The van der Waals surface area contributed by atoms with Gasteiger partial charge < -0.3 is 24.2 Å². The van der Waals surface area contributed by atoms with Crippen LogP contribution in [0.4, 0.5) is 4.79 Å². The van der Waals surface area contributed by atoms with Crippen LogP contribution in [0.5, 0.6) is 0 Å². The summed E-state index contributed by atoms with van der Waals surface area (Å²) in [5.74, 6) is 0. The molecule has 2 atom stereocenters. The Balaban J connectivity index is 1.53. The molecule has 1 aromatic carbocycles. The SMILES string of the molecule is CC(C)(C)OC(=O)N1C2CCC1CC(O)(c1cccc(C3OCCO3)c1)C2. The number of nitrogens with zero attached hydrogens (tertiary/aromatic N) is 1. The van der Waals surface area contributed by atoms with Gasteiger partial charge in [0.1, 0.15) is 5.60 Å². The molecule has 3 fully saturated rings. The summed E-state index contributed by atoms with van der Waals surface area (Å²) in [6.07, 6.45) is 2.24. The predicted molar refractivity (Wildman–Crippen MR) is 99.1 cm³/mol. The molecule has 1 N–H and O–H groups in total. The van der Waals surface area contributed by atoms with Gasteiger partial charge in [0.15, 0.2) is 6.29 Å². The molecule has 2 bridgehead atoms. The lowest BCUT2D eigenvalue weighted by Crippen LogP contribution is -2.53. The monoisotopic (exact) mass is 375 g/mol. The van der Waals surface area contributed by atoms with Crippen molar-refractivity contribution in [2.75, 3.05) is 13.2 Å². The van der Waals surface area contributed by atoms with Gasteiger partial charge in [-0.05, 0) is 45.2 Å². The van der Waals surface area contributed by atoms with Crippen LogP contribution >= 0.6 is 0 Å². The van der Waals surface area contributed by atoms with Crippen LogP contribution in [0.3, 0.4) is 0 Å². The number of benzene rings is 1. The molecule has 27 heavy (non-hydrogen) atoms. The maximum absolute atomic E-state index is 12.6. The van der Waals surface area contributed by atoms with Crippen molar-refractivity contribution in [2.24, 2.45) is 0 Å². The van der Waals surface area contributed by atoms with Gasteiger partial charge in [-0.3, -0.25) is 0 Å². The van der Waals surface area contributed by atoms with E-state index in [0.29, 0.717) is 26.1 Å². The maximum atomic E-state index is 12.6. The van der Waals surface area contributed by atoms with Gasteiger partial charge in [-0.1, -0.05) is 18.2 Å². The van der Waals surface area contributed by atoms with Gasteiger partial charge in [-0.2, -0.15) is 0 Å². The molecular formula is C21H29NO5. The Morgan fingerprint density at radius 1 is 1.19 bits per heavy atom. The van der Waals surface area contributed by atoms with Crippen molar-refractivity contribution in [1.29, 1.82) is 0 Å². The van der Waals surface area contributed by atoms with Crippen molar-refractivity contribution in [3.8, 4) is 0 Å². The highest BCUT2D eigenvalue weighted by atomic mass is 16.7. The normalized spacial score (nSPS) is 31.3. The molecule has 0 aromatic heterocycles. The van der Waals surface area contributed by atoms with E-state index in [2.05, 4.69) is 0 Å². The highest BCUT2D eigenvalue weighted by molar-refractivity contribution is 5.69. The van der Waals surface area contributed by atoms with Crippen LogP contribution in [-0.2, 0) is 19.8 Å². The van der Waals surface area contributed by atoms with Crippen molar-refractivity contribution in [2.45, 2.75) is 76.0 Å². The van der Waals surface area contributed by atoms with Crippen LogP contribution in [0.25, 0.3) is 0 Å². The van der Waals surface area contributed by atoms with E-state index in [4.69, 9.17) is 14.2 Å². The second-order valence-electron chi connectivity index (χ2n) is 8.91. The van der Waals surface area contributed by atoms with E-state index < -0.39 is 11.2 Å². The summed E-state index contributed by atoms with van der Waals surface area (Å²) in [6, 6.07) is 7.86. The molecule has 0 radical (unpaired) electrons. The van der Waals surface area contributed by atoms with E-state index in [0.717, 1.165) is 24.0 Å². The van der Waals surface area contributed by atoms with E-state index >= 15 is 0 Å². The first kappa shape index (κ1) is 18.7. The van der Waals surface area contributed by atoms with Crippen molar-refractivity contribution in [3.63, 3.8) is 0 Å². The van der Waals surface area contributed by atoms with Crippen LogP contribution in [0.2, 0.25) is 0 Å². The van der Waals surface area contributed by atoms with E-state index in [-0.39, 0.29) is 24.5 Å². The van der Waals surface area contributed by atoms with Gasteiger partial charge in [-0.15, -0.1) is 0 Å². The average Bonchev–Trinajstić information content (AvgIpc) is 3.21. The number of ether oxygens (including phenoxy) is 3. The fourth-order valence-electron chi connectivity index (χ4n) is 4.60. The molecule has 3 saturated heterocycles. The number of hydrogen-bond acceptors (Lipinski definition) is 5. The molecule has 3 heterocycles. The van der Waals surface area contributed by atoms with E-state index in [1.54, 1.807) is 0 Å². The first-order valence-corrected chi connectivity index (χ1v) is 9.82. The van der Waals surface area contributed by atoms with Gasteiger partial charge in [-0.25, -0.2) is 4.79 Å². The first-order chi connectivity index (χ1) is 12.8. The summed E-state index contributed by atoms with van der Waals surface area (Å²) >= 11 is 0. The summed E-state index contributed by atoms with van der Waals surface area (Å²) < 4.78 is 16.8. The highest BCUT2D eigenvalue weighted by Gasteiger charge is 2.51. The zero-order valence-corrected chi connectivity index (χ0v) is 16.3. The molecule has 6 nitrogen and oxygen atoms in total. The van der Waals surface area contributed by atoms with Crippen molar-refractivity contribution in [3.05, 3.63) is 35.4 Å². The zero-order chi connectivity index (χ0) is 19.2. The Morgan fingerprint density at radius 2 is 1.81 bits per heavy atom. The lowest BCUT2D eigenvalue weighted by atomic mass is 9.80. The molecule has 1 aromatic rings. The van der Waals surface area contributed by atoms with Crippen LogP contribution in [0.1, 0.15) is 63.9 Å². The lowest BCUT2D eigenvalue weighted by molar-refractivity contribution is -0.0632. The van der Waals surface area contributed by atoms with Gasteiger partial charge in [0, 0.05) is 30.5 Å². The summed E-state index contributed by atoms with van der Waals surface area (Å²) in [5.41, 5.74) is 0.346. The molecule has 0 aliphatic carbocycles. The summed E-state index contributed by atoms with van der Waals surface area (Å²) in [7, 11) is 0. The van der Waals surface area contributed by atoms with Gasteiger partial charge in [0.25, 0.3) is 0 Å². The Labute approximate surface area is 160 Å². The van der Waals surface area contributed by atoms with Crippen LogP contribution < -0.4 is 0 Å². The third-order valence-corrected chi connectivity index (χ3v) is 5.69. The summed E-state index contributed by atoms with van der Waals surface area (Å²) in [6.45, 7) is 6.82. The topological polar surface area (TPSA) is 68.2 Å². The van der Waals surface area contributed by atoms with E-state index in [1.807, 2.05) is 49.9 Å². The molecule has 6 heteroatoms. The third-order valence-electron chi connectivity index (χ3n) is 5.69. The third kappa shape index (κ3) is 3.71. The average molecular weight is 375 g/mol. The van der Waals surface area contributed by atoms with Crippen LogP contribution in [0.15, 0.2) is 24.3 Å². The van der Waals surface area contributed by atoms with Crippen molar-refractivity contribution >= 4 is 6.09 Å². The van der Waals surface area contributed by atoms with Crippen molar-refractivity contribution in [1.82, 2.24) is 4.90 Å². The predicted octanol–water partition coefficient (Wildman–Crippen LogP) is 3.48. The minimum absolute atomic E-state index is 0.00577. The minimum atomic E-state index is -0.945. The fourth-order valence-corrected chi connectivity index (χ4v) is 4.60. The Morgan fingerprint density at radius 3 is 2.41 bits per heavy atom. The molecule has 148 valence electrons. The maximum Gasteiger partial charge on any atom is 0.410 e. The molecular weight excluding hydrogens is 346 g/mol. The molecule has 3 aliphatic heterocycles. The zero-order valence-electron chi connectivity index (χ0n) is 16.3. The Kier molecular flexibility index (Phi) is 4.69. The second kappa shape index (κ2) is 6.76. The van der Waals surface area contributed by atoms with E-state index in [9.17, 15) is 9.90 Å². The fraction of sp³-hybridized carbons (Fsp3) is 0.667. The number of fused-ring (bicyclic) bond motifs is 2. The number of hydrogen-bond donors (Lipinski definition) is 1. The van der Waals surface area contributed by atoms with Gasteiger partial charge >= 0.3 is 6.09 Å². The van der Waals surface area contributed by atoms with E-state index in [1.165, 1.54) is 0 Å². The van der Waals surface area contributed by atoms with Crippen LogP contribution in [0, 0.1) is 0 Å². The summed E-state index contributed by atoms with van der Waals surface area (Å²) in [4.78, 5) is 14.5.